The number of carbonyl (C=O) groups excluding carboxylic acids is 2. The van der Waals surface area contributed by atoms with E-state index in [-0.39, 0.29) is 45.9 Å². The predicted octanol–water partition coefficient (Wildman–Crippen LogP) is 6.24. The summed E-state index contributed by atoms with van der Waals surface area (Å²) >= 11 is 6.67. The normalized spacial score (nSPS) is 14.8. The van der Waals surface area contributed by atoms with Crippen molar-refractivity contribution in [2.75, 3.05) is 13.2 Å². The number of carbonyl (C=O) groups is 2. The minimum atomic E-state index is -0.547. The van der Waals surface area contributed by atoms with Crippen molar-refractivity contribution in [1.82, 2.24) is 4.90 Å². The lowest BCUT2D eigenvalue weighted by atomic mass is 10.1. The van der Waals surface area contributed by atoms with Crippen LogP contribution in [0.15, 0.2) is 57.9 Å². The summed E-state index contributed by atoms with van der Waals surface area (Å²) < 4.78 is 11.5. The van der Waals surface area contributed by atoms with Gasteiger partial charge in [0.15, 0.2) is 0 Å². The Kier molecular flexibility index (Phi) is 6.76. The number of halogens is 1. The second kappa shape index (κ2) is 9.74. The highest BCUT2D eigenvalue weighted by molar-refractivity contribution is 8.18. The fourth-order valence-corrected chi connectivity index (χ4v) is 4.38. The first-order chi connectivity index (χ1) is 16.2. The number of nitro groups is 1. The summed E-state index contributed by atoms with van der Waals surface area (Å²) in [7, 11) is 0. The van der Waals surface area contributed by atoms with E-state index in [9.17, 15) is 19.7 Å². The Morgan fingerprint density at radius 3 is 2.71 bits per heavy atom. The highest BCUT2D eigenvalue weighted by atomic mass is 35.5. The molecule has 1 aromatic heterocycles. The average Bonchev–Trinajstić information content (AvgIpc) is 3.35. The van der Waals surface area contributed by atoms with Crippen molar-refractivity contribution in [1.29, 1.82) is 0 Å². The summed E-state index contributed by atoms with van der Waals surface area (Å²) in [5.74, 6) is 0.795. The van der Waals surface area contributed by atoms with Crippen molar-refractivity contribution in [3.8, 4) is 17.1 Å². The van der Waals surface area contributed by atoms with Gasteiger partial charge in [-0.1, -0.05) is 23.7 Å². The van der Waals surface area contributed by atoms with Crippen molar-refractivity contribution in [3.63, 3.8) is 0 Å². The maximum absolute atomic E-state index is 12.8. The van der Waals surface area contributed by atoms with Crippen LogP contribution in [0.4, 0.5) is 10.5 Å². The fourth-order valence-electron chi connectivity index (χ4n) is 3.37. The smallest absolute Gasteiger partial charge is 0.293 e. The van der Waals surface area contributed by atoms with Gasteiger partial charge in [-0.2, -0.15) is 0 Å². The van der Waals surface area contributed by atoms with Gasteiger partial charge in [0.25, 0.3) is 16.8 Å². The second-order valence-electron chi connectivity index (χ2n) is 7.57. The average molecular weight is 499 g/mol. The lowest BCUT2D eigenvalue weighted by Gasteiger charge is -2.14. The molecule has 174 valence electrons. The molecule has 2 aromatic carbocycles. The summed E-state index contributed by atoms with van der Waals surface area (Å²) in [6, 6.07) is 13.2. The van der Waals surface area contributed by atoms with Gasteiger partial charge in [-0.15, -0.1) is 0 Å². The second-order valence-corrected chi connectivity index (χ2v) is 9.00. The van der Waals surface area contributed by atoms with Crippen molar-refractivity contribution >= 4 is 46.3 Å². The SMILES string of the molecule is Cc1ccc(C)c(OCCN2C(=O)S/C(=C\c3ccc(-c4ccc(Cl)cc4[N+](=O)[O-])o3)C2=O)c1. The first-order valence-corrected chi connectivity index (χ1v) is 11.4. The molecule has 10 heteroatoms. The molecule has 1 saturated heterocycles. The number of furan rings is 1. The Balaban J connectivity index is 1.46. The molecule has 8 nitrogen and oxygen atoms in total. The monoisotopic (exact) mass is 498 g/mol. The van der Waals surface area contributed by atoms with Crippen molar-refractivity contribution in [2.24, 2.45) is 0 Å². The molecule has 2 heterocycles. The van der Waals surface area contributed by atoms with Gasteiger partial charge in [0.05, 0.1) is 21.9 Å². The predicted molar refractivity (Wildman–Crippen MR) is 130 cm³/mol. The number of nitro benzene ring substituents is 1. The van der Waals surface area contributed by atoms with Crippen LogP contribution in [0.5, 0.6) is 5.75 Å². The highest BCUT2D eigenvalue weighted by Gasteiger charge is 2.35. The molecule has 0 bridgehead atoms. The number of imide groups is 1. The molecule has 0 radical (unpaired) electrons. The van der Waals surface area contributed by atoms with E-state index in [1.807, 2.05) is 32.0 Å². The molecule has 4 rings (SSSR count). The number of amides is 2. The molecule has 0 atom stereocenters. The molecule has 1 aliphatic heterocycles. The Bertz CT molecular complexity index is 1330. The van der Waals surface area contributed by atoms with E-state index in [0.717, 1.165) is 27.8 Å². The van der Waals surface area contributed by atoms with Gasteiger partial charge in [-0.05, 0) is 67.1 Å². The molecule has 2 amide bonds. The maximum atomic E-state index is 12.8. The highest BCUT2D eigenvalue weighted by Crippen LogP contribution is 2.36. The van der Waals surface area contributed by atoms with Gasteiger partial charge in [0, 0.05) is 17.2 Å². The molecule has 1 aliphatic rings. The Morgan fingerprint density at radius 2 is 1.94 bits per heavy atom. The summed E-state index contributed by atoms with van der Waals surface area (Å²) in [5.41, 5.74) is 2.08. The number of ether oxygens (including phenoxy) is 1. The Labute approximate surface area is 204 Å². The van der Waals surface area contributed by atoms with Crippen LogP contribution in [-0.4, -0.2) is 34.1 Å². The zero-order chi connectivity index (χ0) is 24.4. The molecular formula is C24H19ClN2O6S. The number of hydrogen-bond acceptors (Lipinski definition) is 7. The van der Waals surface area contributed by atoms with Crippen LogP contribution in [-0.2, 0) is 4.79 Å². The standard InChI is InChI=1S/C24H19ClN2O6S/c1-14-3-4-15(2)21(11-14)32-10-9-26-23(28)22(34-24(26)29)13-17-6-8-20(33-17)18-7-5-16(25)12-19(18)27(30)31/h3-8,11-13H,9-10H2,1-2H3/b22-13-. The fraction of sp³-hybridized carbons (Fsp3) is 0.167. The number of nitrogens with zero attached hydrogens (tertiary/aromatic N) is 2. The van der Waals surface area contributed by atoms with Gasteiger partial charge >= 0.3 is 0 Å². The third kappa shape index (κ3) is 5.00. The molecule has 34 heavy (non-hydrogen) atoms. The molecule has 3 aromatic rings. The molecule has 1 fully saturated rings. The van der Waals surface area contributed by atoms with Crippen LogP contribution < -0.4 is 4.74 Å². The van der Waals surface area contributed by atoms with E-state index in [0.29, 0.717) is 5.75 Å². The summed E-state index contributed by atoms with van der Waals surface area (Å²) in [4.78, 5) is 37.3. The Morgan fingerprint density at radius 1 is 1.15 bits per heavy atom. The summed E-state index contributed by atoms with van der Waals surface area (Å²) in [6.45, 7) is 4.16. The van der Waals surface area contributed by atoms with E-state index in [4.69, 9.17) is 20.8 Å². The van der Waals surface area contributed by atoms with Gasteiger partial charge in [0.1, 0.15) is 23.9 Å². The van der Waals surface area contributed by atoms with Crippen LogP contribution in [0.2, 0.25) is 5.02 Å². The van der Waals surface area contributed by atoms with Crippen LogP contribution in [0.25, 0.3) is 17.4 Å². The lowest BCUT2D eigenvalue weighted by molar-refractivity contribution is -0.384. The van der Waals surface area contributed by atoms with Crippen molar-refractivity contribution in [3.05, 3.63) is 85.5 Å². The maximum Gasteiger partial charge on any atom is 0.293 e. The van der Waals surface area contributed by atoms with E-state index in [1.54, 1.807) is 12.1 Å². The topological polar surface area (TPSA) is 103 Å². The van der Waals surface area contributed by atoms with Crippen molar-refractivity contribution in [2.45, 2.75) is 13.8 Å². The summed E-state index contributed by atoms with van der Waals surface area (Å²) in [5, 5.41) is 11.2. The molecular weight excluding hydrogens is 480 g/mol. The molecule has 0 N–H and O–H groups in total. The summed E-state index contributed by atoms with van der Waals surface area (Å²) in [6.07, 6.45) is 1.45. The van der Waals surface area contributed by atoms with E-state index in [1.165, 1.54) is 24.3 Å². The number of aryl methyl sites for hydroxylation is 2. The minimum absolute atomic E-state index is 0.107. The van der Waals surface area contributed by atoms with Gasteiger partial charge in [0.2, 0.25) is 0 Å². The molecule has 0 saturated carbocycles. The third-order valence-electron chi connectivity index (χ3n) is 5.11. The zero-order valence-electron chi connectivity index (χ0n) is 18.2. The van der Waals surface area contributed by atoms with E-state index < -0.39 is 16.1 Å². The van der Waals surface area contributed by atoms with Crippen LogP contribution in [0.1, 0.15) is 16.9 Å². The molecule has 0 unspecified atom stereocenters. The number of hydrogen-bond donors (Lipinski definition) is 0. The van der Waals surface area contributed by atoms with Crippen LogP contribution >= 0.6 is 23.4 Å². The van der Waals surface area contributed by atoms with Gasteiger partial charge in [-0.25, -0.2) is 0 Å². The Hall–Kier alpha value is -3.56. The van der Waals surface area contributed by atoms with Crippen LogP contribution in [0, 0.1) is 24.0 Å². The van der Waals surface area contributed by atoms with Crippen LogP contribution in [0.3, 0.4) is 0 Å². The number of rotatable bonds is 7. The zero-order valence-corrected chi connectivity index (χ0v) is 19.8. The van der Waals surface area contributed by atoms with E-state index in [2.05, 4.69) is 0 Å². The first kappa shape index (κ1) is 23.6. The lowest BCUT2D eigenvalue weighted by Crippen LogP contribution is -2.32. The van der Waals surface area contributed by atoms with Gasteiger partial charge in [-0.3, -0.25) is 24.6 Å². The van der Waals surface area contributed by atoms with Gasteiger partial charge < -0.3 is 9.15 Å². The van der Waals surface area contributed by atoms with Crippen molar-refractivity contribution < 1.29 is 23.7 Å². The first-order valence-electron chi connectivity index (χ1n) is 10.2. The molecule has 0 spiro atoms. The minimum Gasteiger partial charge on any atom is -0.491 e. The largest absolute Gasteiger partial charge is 0.491 e. The quantitative estimate of drug-likeness (QED) is 0.216. The van der Waals surface area contributed by atoms with E-state index >= 15 is 0 Å². The molecule has 0 aliphatic carbocycles. The number of benzene rings is 2. The third-order valence-corrected chi connectivity index (χ3v) is 6.25. The number of thioether (sulfide) groups is 1.